The summed E-state index contributed by atoms with van der Waals surface area (Å²) < 4.78 is 5.22. The molecule has 1 N–H and O–H groups in total. The Morgan fingerprint density at radius 1 is 1.35 bits per heavy atom. The van der Waals surface area contributed by atoms with Crippen LogP contribution in [0, 0.1) is 0 Å². The minimum atomic E-state index is -1.05. The molecule has 1 aromatic heterocycles. The van der Waals surface area contributed by atoms with Gasteiger partial charge in [-0.2, -0.15) is 4.98 Å². The van der Waals surface area contributed by atoms with Crippen LogP contribution in [0.4, 0.5) is 6.01 Å². The quantitative estimate of drug-likeness (QED) is 0.756. The van der Waals surface area contributed by atoms with Crippen LogP contribution in [-0.2, 0) is 0 Å². The maximum Gasteiger partial charge on any atom is 0.357 e. The van der Waals surface area contributed by atoms with Gasteiger partial charge in [-0.25, -0.2) is 4.79 Å². The van der Waals surface area contributed by atoms with Crippen molar-refractivity contribution in [2.45, 2.75) is 39.5 Å². The Kier molecular flexibility index (Phi) is 5.52. The van der Waals surface area contributed by atoms with Crippen molar-refractivity contribution in [2.75, 3.05) is 18.0 Å². The summed E-state index contributed by atoms with van der Waals surface area (Å²) in [5, 5.41) is 8.79. The molecule has 96 valence electrons. The van der Waals surface area contributed by atoms with Gasteiger partial charge in [0.2, 0.25) is 0 Å². The lowest BCUT2D eigenvalue weighted by Gasteiger charge is -2.19. The number of carbonyl (C=O) groups is 1. The number of oxazole rings is 1. The third-order valence-electron chi connectivity index (χ3n) is 2.54. The molecule has 1 rings (SSSR count). The summed E-state index contributed by atoms with van der Waals surface area (Å²) in [4.78, 5) is 16.7. The summed E-state index contributed by atoms with van der Waals surface area (Å²) in [6, 6.07) is 0.421. The number of carboxylic acid groups (broad SMARTS) is 1. The van der Waals surface area contributed by atoms with Crippen molar-refractivity contribution in [3.8, 4) is 0 Å². The Bertz CT molecular complexity index is 341. The summed E-state index contributed by atoms with van der Waals surface area (Å²) in [6.07, 6.45) is 5.48. The molecule has 0 radical (unpaired) electrons. The maximum absolute atomic E-state index is 10.7. The molecular formula is C12H20N2O3. The van der Waals surface area contributed by atoms with E-state index in [0.29, 0.717) is 6.01 Å². The highest BCUT2D eigenvalue weighted by Gasteiger charge is 2.15. The zero-order valence-corrected chi connectivity index (χ0v) is 10.5. The minimum absolute atomic E-state index is 0.0296. The van der Waals surface area contributed by atoms with Crippen molar-refractivity contribution < 1.29 is 14.3 Å². The van der Waals surface area contributed by atoms with E-state index in [4.69, 9.17) is 9.52 Å². The Labute approximate surface area is 101 Å². The van der Waals surface area contributed by atoms with Gasteiger partial charge in [-0.1, -0.05) is 26.7 Å². The number of carboxylic acids is 1. The van der Waals surface area contributed by atoms with Gasteiger partial charge in [0, 0.05) is 13.1 Å². The third-order valence-corrected chi connectivity index (χ3v) is 2.54. The first-order valence-corrected chi connectivity index (χ1v) is 6.12. The van der Waals surface area contributed by atoms with E-state index in [1.165, 1.54) is 6.26 Å². The topological polar surface area (TPSA) is 66.6 Å². The van der Waals surface area contributed by atoms with E-state index < -0.39 is 5.97 Å². The number of unbranched alkanes of at least 4 members (excludes halogenated alkanes) is 2. The molecule has 0 bridgehead atoms. The monoisotopic (exact) mass is 240 g/mol. The maximum atomic E-state index is 10.7. The second-order valence-electron chi connectivity index (χ2n) is 4.01. The Morgan fingerprint density at radius 3 is 2.35 bits per heavy atom. The van der Waals surface area contributed by atoms with E-state index in [-0.39, 0.29) is 5.69 Å². The van der Waals surface area contributed by atoms with Crippen LogP contribution in [-0.4, -0.2) is 29.1 Å². The number of hydrogen-bond acceptors (Lipinski definition) is 4. The average Bonchev–Trinajstić information content (AvgIpc) is 2.79. The second-order valence-corrected chi connectivity index (χ2v) is 4.01. The van der Waals surface area contributed by atoms with Crippen LogP contribution >= 0.6 is 0 Å². The summed E-state index contributed by atoms with van der Waals surface area (Å²) in [5.74, 6) is -1.05. The molecule has 0 unspecified atom stereocenters. The predicted molar refractivity (Wildman–Crippen MR) is 65.5 cm³/mol. The number of nitrogens with zero attached hydrogens (tertiary/aromatic N) is 2. The molecule has 0 saturated heterocycles. The fourth-order valence-corrected chi connectivity index (χ4v) is 1.51. The van der Waals surface area contributed by atoms with Gasteiger partial charge >= 0.3 is 5.97 Å². The highest BCUT2D eigenvalue weighted by atomic mass is 16.4. The van der Waals surface area contributed by atoms with Gasteiger partial charge in [-0.05, 0) is 12.8 Å². The molecule has 0 aliphatic heterocycles. The zero-order valence-electron chi connectivity index (χ0n) is 10.5. The second kappa shape index (κ2) is 6.93. The van der Waals surface area contributed by atoms with Crippen molar-refractivity contribution >= 4 is 12.0 Å². The first-order chi connectivity index (χ1) is 8.19. The molecule has 0 saturated carbocycles. The van der Waals surface area contributed by atoms with Gasteiger partial charge in [-0.3, -0.25) is 0 Å². The van der Waals surface area contributed by atoms with Crippen molar-refractivity contribution in [2.24, 2.45) is 0 Å². The molecule has 17 heavy (non-hydrogen) atoms. The molecule has 0 spiro atoms. The normalized spacial score (nSPS) is 10.5. The molecule has 0 aliphatic rings. The molecule has 1 heterocycles. The fourth-order valence-electron chi connectivity index (χ4n) is 1.51. The molecule has 0 fully saturated rings. The minimum Gasteiger partial charge on any atom is -0.476 e. The smallest absolute Gasteiger partial charge is 0.357 e. The average molecular weight is 240 g/mol. The number of aromatic carboxylic acids is 1. The van der Waals surface area contributed by atoms with E-state index >= 15 is 0 Å². The van der Waals surface area contributed by atoms with Gasteiger partial charge < -0.3 is 14.4 Å². The number of rotatable bonds is 8. The van der Waals surface area contributed by atoms with Crippen LogP contribution in [0.2, 0.25) is 0 Å². The highest BCUT2D eigenvalue weighted by Crippen LogP contribution is 2.15. The Hall–Kier alpha value is -1.52. The van der Waals surface area contributed by atoms with E-state index in [9.17, 15) is 4.79 Å². The van der Waals surface area contributed by atoms with E-state index in [1.54, 1.807) is 0 Å². The van der Waals surface area contributed by atoms with Crippen LogP contribution in [0.15, 0.2) is 10.7 Å². The molecule has 0 aliphatic carbocycles. The number of aromatic nitrogens is 1. The lowest BCUT2D eigenvalue weighted by atomic mass is 10.3. The standard InChI is InChI=1S/C12H20N2O3/c1-3-5-7-14(8-6-4-2)12-13-10(9-17-12)11(15)16/h9H,3-8H2,1-2H3,(H,15,16). The zero-order chi connectivity index (χ0) is 12.7. The molecule has 0 amide bonds. The predicted octanol–water partition coefficient (Wildman–Crippen LogP) is 2.78. The van der Waals surface area contributed by atoms with Crippen LogP contribution in [0.3, 0.4) is 0 Å². The van der Waals surface area contributed by atoms with Gasteiger partial charge in [0.25, 0.3) is 6.01 Å². The first-order valence-electron chi connectivity index (χ1n) is 6.12. The van der Waals surface area contributed by atoms with E-state index in [1.807, 2.05) is 4.90 Å². The van der Waals surface area contributed by atoms with Crippen LogP contribution in [0.25, 0.3) is 0 Å². The molecule has 5 heteroatoms. The van der Waals surface area contributed by atoms with Crippen LogP contribution in [0.1, 0.15) is 50.0 Å². The number of hydrogen-bond donors (Lipinski definition) is 1. The molecule has 5 nitrogen and oxygen atoms in total. The highest BCUT2D eigenvalue weighted by molar-refractivity contribution is 5.85. The summed E-state index contributed by atoms with van der Waals surface area (Å²) >= 11 is 0. The van der Waals surface area contributed by atoms with Crippen molar-refractivity contribution in [1.82, 2.24) is 4.98 Å². The SMILES string of the molecule is CCCCN(CCCC)c1nc(C(=O)O)co1. The van der Waals surface area contributed by atoms with Crippen molar-refractivity contribution in [3.63, 3.8) is 0 Å². The summed E-state index contributed by atoms with van der Waals surface area (Å²) in [7, 11) is 0. The Balaban J connectivity index is 2.68. The lowest BCUT2D eigenvalue weighted by molar-refractivity contribution is 0.0690. The van der Waals surface area contributed by atoms with E-state index in [0.717, 1.165) is 38.8 Å². The van der Waals surface area contributed by atoms with Crippen molar-refractivity contribution in [1.29, 1.82) is 0 Å². The van der Waals surface area contributed by atoms with Crippen molar-refractivity contribution in [3.05, 3.63) is 12.0 Å². The largest absolute Gasteiger partial charge is 0.476 e. The summed E-state index contributed by atoms with van der Waals surface area (Å²) in [5.41, 5.74) is -0.0296. The van der Waals surface area contributed by atoms with Crippen LogP contribution in [0.5, 0.6) is 0 Å². The molecular weight excluding hydrogens is 220 g/mol. The van der Waals surface area contributed by atoms with Gasteiger partial charge in [-0.15, -0.1) is 0 Å². The number of anilines is 1. The lowest BCUT2D eigenvalue weighted by Crippen LogP contribution is -2.26. The molecule has 1 aromatic rings. The van der Waals surface area contributed by atoms with Gasteiger partial charge in [0.1, 0.15) is 6.26 Å². The molecule has 0 atom stereocenters. The Morgan fingerprint density at radius 2 is 1.94 bits per heavy atom. The first kappa shape index (κ1) is 13.5. The van der Waals surface area contributed by atoms with Crippen LogP contribution < -0.4 is 4.90 Å². The van der Waals surface area contributed by atoms with Gasteiger partial charge in [0.15, 0.2) is 5.69 Å². The fraction of sp³-hybridized carbons (Fsp3) is 0.667. The molecule has 0 aromatic carbocycles. The summed E-state index contributed by atoms with van der Waals surface area (Å²) in [6.45, 7) is 5.96. The third kappa shape index (κ3) is 4.09. The van der Waals surface area contributed by atoms with Gasteiger partial charge in [0.05, 0.1) is 0 Å². The van der Waals surface area contributed by atoms with E-state index in [2.05, 4.69) is 18.8 Å².